The van der Waals surface area contributed by atoms with E-state index in [2.05, 4.69) is 16.0 Å². The molecule has 0 amide bonds. The fourth-order valence-corrected chi connectivity index (χ4v) is 4.03. The summed E-state index contributed by atoms with van der Waals surface area (Å²) in [6, 6.07) is 15.3. The molecule has 4 aromatic rings. The third-order valence-corrected chi connectivity index (χ3v) is 5.69. The summed E-state index contributed by atoms with van der Waals surface area (Å²) in [6.45, 7) is 3.30. The lowest BCUT2D eigenvalue weighted by atomic mass is 10.0. The van der Waals surface area contributed by atoms with Crippen LogP contribution in [-0.2, 0) is 4.79 Å². The van der Waals surface area contributed by atoms with Crippen molar-refractivity contribution in [3.05, 3.63) is 60.4 Å². The van der Waals surface area contributed by atoms with Gasteiger partial charge in [0.15, 0.2) is 5.16 Å². The average molecular weight is 388 g/mol. The number of thioether (sulfide) groups is 1. The highest BCUT2D eigenvalue weighted by molar-refractivity contribution is 8.01. The number of carbonyl (C=O) groups is 1. The molecule has 0 unspecified atom stereocenters. The number of benzene rings is 2. The third-order valence-electron chi connectivity index (χ3n) is 4.55. The molecule has 0 bridgehead atoms. The second-order valence-corrected chi connectivity index (χ2v) is 8.39. The molecule has 6 nitrogen and oxygen atoms in total. The van der Waals surface area contributed by atoms with Crippen LogP contribution in [0.5, 0.6) is 0 Å². The van der Waals surface area contributed by atoms with Crippen molar-refractivity contribution in [1.29, 1.82) is 5.26 Å². The first-order valence-corrected chi connectivity index (χ1v) is 9.41. The SMILES string of the molecule is CC(C)(Sc1nc2ccncc2n1-c1ccc(C#N)c2ccccc12)C(=O)O. The van der Waals surface area contributed by atoms with Gasteiger partial charge in [0.05, 0.1) is 34.6 Å². The molecule has 0 aliphatic carbocycles. The number of carboxylic acid groups (broad SMARTS) is 1. The number of hydrogen-bond acceptors (Lipinski definition) is 5. The van der Waals surface area contributed by atoms with Crippen LogP contribution in [0, 0.1) is 11.3 Å². The minimum absolute atomic E-state index is 0.560. The van der Waals surface area contributed by atoms with E-state index in [9.17, 15) is 15.2 Å². The zero-order valence-electron chi connectivity index (χ0n) is 15.2. The van der Waals surface area contributed by atoms with Gasteiger partial charge in [0.25, 0.3) is 0 Å². The maximum atomic E-state index is 11.7. The molecule has 0 atom stereocenters. The lowest BCUT2D eigenvalue weighted by molar-refractivity contribution is -0.138. The van der Waals surface area contributed by atoms with Crippen molar-refractivity contribution in [2.45, 2.75) is 23.8 Å². The number of carboxylic acids is 1. The number of nitrogens with zero attached hydrogens (tertiary/aromatic N) is 4. The van der Waals surface area contributed by atoms with Crippen molar-refractivity contribution in [2.24, 2.45) is 0 Å². The summed E-state index contributed by atoms with van der Waals surface area (Å²) in [5, 5.41) is 21.3. The Labute approximate surface area is 165 Å². The molecule has 7 heteroatoms. The molecule has 28 heavy (non-hydrogen) atoms. The van der Waals surface area contributed by atoms with Crippen LogP contribution in [0.15, 0.2) is 60.0 Å². The Balaban J connectivity index is 2.04. The summed E-state index contributed by atoms with van der Waals surface area (Å²) in [5.74, 6) is -0.918. The number of pyridine rings is 1. The summed E-state index contributed by atoms with van der Waals surface area (Å²) in [4.78, 5) is 20.6. The molecule has 1 N–H and O–H groups in total. The molecule has 0 fully saturated rings. The number of hydrogen-bond donors (Lipinski definition) is 1. The number of aromatic nitrogens is 3. The quantitative estimate of drug-likeness (QED) is 0.521. The Morgan fingerprint density at radius 1 is 1.18 bits per heavy atom. The van der Waals surface area contributed by atoms with Crippen LogP contribution in [0.1, 0.15) is 19.4 Å². The van der Waals surface area contributed by atoms with Gasteiger partial charge in [-0.3, -0.25) is 14.3 Å². The van der Waals surface area contributed by atoms with E-state index in [-0.39, 0.29) is 0 Å². The molecular formula is C21H16N4O2S. The van der Waals surface area contributed by atoms with Crippen molar-refractivity contribution in [1.82, 2.24) is 14.5 Å². The van der Waals surface area contributed by atoms with Gasteiger partial charge in [-0.1, -0.05) is 36.0 Å². The van der Waals surface area contributed by atoms with Crippen molar-refractivity contribution in [3.63, 3.8) is 0 Å². The number of imidazole rings is 1. The van der Waals surface area contributed by atoms with Gasteiger partial charge in [0, 0.05) is 17.0 Å². The molecule has 0 saturated heterocycles. The van der Waals surface area contributed by atoms with Gasteiger partial charge in [-0.25, -0.2) is 4.98 Å². The van der Waals surface area contributed by atoms with Crippen LogP contribution in [0.4, 0.5) is 0 Å². The summed E-state index contributed by atoms with van der Waals surface area (Å²) in [6.07, 6.45) is 3.38. The standard InChI is InChI=1S/C21H16N4O2S/c1-21(2,19(26)27)28-20-24-16-9-10-23-12-18(16)25(20)17-8-7-13(11-22)14-5-3-4-6-15(14)17/h3-10,12H,1-2H3,(H,26,27). The Kier molecular flexibility index (Phi) is 4.28. The number of fused-ring (bicyclic) bond motifs is 2. The van der Waals surface area contributed by atoms with E-state index in [0.717, 1.165) is 27.5 Å². The lowest BCUT2D eigenvalue weighted by Gasteiger charge is -2.19. The second-order valence-electron chi connectivity index (χ2n) is 6.80. The van der Waals surface area contributed by atoms with Gasteiger partial charge < -0.3 is 5.11 Å². The molecule has 0 spiro atoms. The van der Waals surface area contributed by atoms with E-state index in [1.807, 2.05) is 34.9 Å². The highest BCUT2D eigenvalue weighted by Gasteiger charge is 2.31. The van der Waals surface area contributed by atoms with Crippen molar-refractivity contribution in [2.75, 3.05) is 0 Å². The van der Waals surface area contributed by atoms with Gasteiger partial charge in [0.1, 0.15) is 4.75 Å². The minimum atomic E-state index is -1.06. The van der Waals surface area contributed by atoms with E-state index in [1.54, 1.807) is 38.4 Å². The highest BCUT2D eigenvalue weighted by atomic mass is 32.2. The first kappa shape index (κ1) is 18.0. The van der Waals surface area contributed by atoms with Crippen LogP contribution in [0.25, 0.3) is 27.5 Å². The summed E-state index contributed by atoms with van der Waals surface area (Å²) in [7, 11) is 0. The maximum Gasteiger partial charge on any atom is 0.319 e. The Bertz CT molecular complexity index is 1270. The first-order chi connectivity index (χ1) is 13.4. The molecule has 138 valence electrons. The van der Waals surface area contributed by atoms with Gasteiger partial charge in [-0.2, -0.15) is 5.26 Å². The fraction of sp³-hybridized carbons (Fsp3) is 0.143. The normalized spacial score (nSPS) is 11.6. The third kappa shape index (κ3) is 2.88. The number of rotatable bonds is 4. The Morgan fingerprint density at radius 2 is 1.93 bits per heavy atom. The van der Waals surface area contributed by atoms with E-state index in [0.29, 0.717) is 10.7 Å². The predicted octanol–water partition coefficient (Wildman–Crippen LogP) is 4.40. The highest BCUT2D eigenvalue weighted by Crippen LogP contribution is 2.37. The van der Waals surface area contributed by atoms with Gasteiger partial charge in [-0.15, -0.1) is 0 Å². The van der Waals surface area contributed by atoms with E-state index in [1.165, 1.54) is 11.8 Å². The maximum absolute atomic E-state index is 11.7. The smallest absolute Gasteiger partial charge is 0.319 e. The van der Waals surface area contributed by atoms with E-state index in [4.69, 9.17) is 0 Å². The molecule has 2 aromatic heterocycles. The molecule has 2 heterocycles. The van der Waals surface area contributed by atoms with E-state index >= 15 is 0 Å². The lowest BCUT2D eigenvalue weighted by Crippen LogP contribution is -2.27. The van der Waals surface area contributed by atoms with Crippen LogP contribution in [0.3, 0.4) is 0 Å². The summed E-state index contributed by atoms with van der Waals surface area (Å²) >= 11 is 1.18. The predicted molar refractivity (Wildman–Crippen MR) is 109 cm³/mol. The second kappa shape index (κ2) is 6.66. The van der Waals surface area contributed by atoms with Gasteiger partial charge in [0.2, 0.25) is 0 Å². The molecule has 2 aromatic carbocycles. The van der Waals surface area contributed by atoms with E-state index < -0.39 is 10.7 Å². The number of nitriles is 1. The summed E-state index contributed by atoms with van der Waals surface area (Å²) < 4.78 is 0.857. The molecule has 0 aliphatic rings. The average Bonchev–Trinajstić information content (AvgIpc) is 3.04. The molecular weight excluding hydrogens is 372 g/mol. The van der Waals surface area contributed by atoms with Crippen LogP contribution in [0.2, 0.25) is 0 Å². The van der Waals surface area contributed by atoms with Crippen molar-refractivity contribution in [3.8, 4) is 11.8 Å². The molecule has 0 aliphatic heterocycles. The molecule has 0 saturated carbocycles. The first-order valence-electron chi connectivity index (χ1n) is 8.59. The van der Waals surface area contributed by atoms with Gasteiger partial charge in [-0.05, 0) is 32.0 Å². The minimum Gasteiger partial charge on any atom is -0.480 e. The Hall–Kier alpha value is -3.37. The Morgan fingerprint density at radius 3 is 2.64 bits per heavy atom. The van der Waals surface area contributed by atoms with Gasteiger partial charge >= 0.3 is 5.97 Å². The zero-order chi connectivity index (χ0) is 19.9. The van der Waals surface area contributed by atoms with Crippen molar-refractivity contribution < 1.29 is 9.90 Å². The van der Waals surface area contributed by atoms with Crippen LogP contribution < -0.4 is 0 Å². The van der Waals surface area contributed by atoms with Crippen LogP contribution >= 0.6 is 11.8 Å². The van der Waals surface area contributed by atoms with Crippen LogP contribution in [-0.4, -0.2) is 30.4 Å². The zero-order valence-corrected chi connectivity index (χ0v) is 16.1. The number of aliphatic carboxylic acids is 1. The molecule has 4 rings (SSSR count). The molecule has 0 radical (unpaired) electrons. The van der Waals surface area contributed by atoms with Crippen molar-refractivity contribution >= 4 is 39.5 Å². The summed E-state index contributed by atoms with van der Waals surface area (Å²) in [5.41, 5.74) is 2.92. The monoisotopic (exact) mass is 388 g/mol. The fourth-order valence-electron chi connectivity index (χ4n) is 3.05. The largest absolute Gasteiger partial charge is 0.480 e. The topological polar surface area (TPSA) is 91.8 Å².